The van der Waals surface area contributed by atoms with E-state index >= 15 is 0 Å². The Labute approximate surface area is 115 Å². The van der Waals surface area contributed by atoms with Crippen LogP contribution in [0.15, 0.2) is 18.2 Å². The molecule has 1 aliphatic rings. The van der Waals surface area contributed by atoms with Crippen molar-refractivity contribution in [3.05, 3.63) is 33.9 Å². The molecule has 1 aromatic rings. The molecule has 0 spiro atoms. The summed E-state index contributed by atoms with van der Waals surface area (Å²) in [5, 5.41) is 32.7. The molecule has 2 atom stereocenters. The van der Waals surface area contributed by atoms with Gasteiger partial charge in [-0.05, 0) is 25.0 Å². The summed E-state index contributed by atoms with van der Waals surface area (Å²) in [6.07, 6.45) is 2.40. The van der Waals surface area contributed by atoms with E-state index in [9.17, 15) is 25.1 Å². The van der Waals surface area contributed by atoms with Crippen molar-refractivity contribution in [2.24, 2.45) is 0 Å². The normalized spacial score (nSPS) is 22.2. The molecule has 2 rings (SSSR count). The third-order valence-electron chi connectivity index (χ3n) is 3.47. The van der Waals surface area contributed by atoms with Crippen molar-refractivity contribution in [1.82, 2.24) is 5.32 Å². The van der Waals surface area contributed by atoms with Crippen molar-refractivity contribution in [3.8, 4) is 5.75 Å². The number of hydrogen-bond acceptors (Lipinski definition) is 5. The molecule has 2 unspecified atom stereocenters. The maximum atomic E-state index is 12.1. The number of nitro groups is 1. The van der Waals surface area contributed by atoms with Crippen LogP contribution in [-0.2, 0) is 0 Å². The molecule has 0 bridgehead atoms. The van der Waals surface area contributed by atoms with Gasteiger partial charge >= 0.3 is 0 Å². The molecule has 7 nitrogen and oxygen atoms in total. The summed E-state index contributed by atoms with van der Waals surface area (Å²) in [6, 6.07) is 2.90. The second-order valence-corrected chi connectivity index (χ2v) is 4.89. The number of carbonyl (C=O) groups is 1. The van der Waals surface area contributed by atoms with Crippen LogP contribution in [-0.4, -0.2) is 33.2 Å². The van der Waals surface area contributed by atoms with Gasteiger partial charge in [0.2, 0.25) is 0 Å². The van der Waals surface area contributed by atoms with Crippen molar-refractivity contribution >= 4 is 11.6 Å². The van der Waals surface area contributed by atoms with Crippen LogP contribution in [0.2, 0.25) is 0 Å². The van der Waals surface area contributed by atoms with Gasteiger partial charge < -0.3 is 15.5 Å². The van der Waals surface area contributed by atoms with Gasteiger partial charge in [-0.15, -0.1) is 0 Å². The van der Waals surface area contributed by atoms with Crippen LogP contribution < -0.4 is 5.32 Å². The van der Waals surface area contributed by atoms with E-state index in [0.29, 0.717) is 12.8 Å². The summed E-state index contributed by atoms with van der Waals surface area (Å²) in [6.45, 7) is 0. The molecule has 1 fully saturated rings. The maximum absolute atomic E-state index is 12.1. The zero-order chi connectivity index (χ0) is 14.7. The summed E-state index contributed by atoms with van der Waals surface area (Å²) in [5.74, 6) is -0.872. The number of phenols is 1. The van der Waals surface area contributed by atoms with E-state index in [1.54, 1.807) is 0 Å². The molecular formula is C13H16N2O5. The summed E-state index contributed by atoms with van der Waals surface area (Å²) in [4.78, 5) is 22.3. The van der Waals surface area contributed by atoms with Gasteiger partial charge in [0, 0.05) is 6.07 Å². The molecule has 0 aromatic heterocycles. The number of hydrogen-bond donors (Lipinski definition) is 3. The van der Waals surface area contributed by atoms with E-state index in [-0.39, 0.29) is 17.0 Å². The van der Waals surface area contributed by atoms with Crippen LogP contribution >= 0.6 is 0 Å². The van der Waals surface area contributed by atoms with Crippen molar-refractivity contribution < 1.29 is 19.9 Å². The van der Waals surface area contributed by atoms with Crippen molar-refractivity contribution in [1.29, 1.82) is 0 Å². The zero-order valence-corrected chi connectivity index (χ0v) is 10.8. The molecule has 3 N–H and O–H groups in total. The fourth-order valence-corrected chi connectivity index (χ4v) is 2.39. The van der Waals surface area contributed by atoms with Gasteiger partial charge in [-0.3, -0.25) is 14.9 Å². The maximum Gasteiger partial charge on any atom is 0.282 e. The number of aliphatic hydroxyl groups is 1. The largest absolute Gasteiger partial charge is 0.508 e. The average molecular weight is 280 g/mol. The molecule has 0 saturated heterocycles. The topological polar surface area (TPSA) is 113 Å². The third kappa shape index (κ3) is 3.05. The smallest absolute Gasteiger partial charge is 0.282 e. The zero-order valence-electron chi connectivity index (χ0n) is 10.8. The lowest BCUT2D eigenvalue weighted by molar-refractivity contribution is -0.385. The van der Waals surface area contributed by atoms with Gasteiger partial charge in [0.25, 0.3) is 11.6 Å². The van der Waals surface area contributed by atoms with Crippen molar-refractivity contribution in [3.63, 3.8) is 0 Å². The highest BCUT2D eigenvalue weighted by molar-refractivity contribution is 5.98. The lowest BCUT2D eigenvalue weighted by Crippen LogP contribution is -2.45. The number of aromatic hydroxyl groups is 1. The van der Waals surface area contributed by atoms with Gasteiger partial charge in [-0.25, -0.2) is 0 Å². The highest BCUT2D eigenvalue weighted by Crippen LogP contribution is 2.24. The van der Waals surface area contributed by atoms with Gasteiger partial charge in [0.05, 0.1) is 17.1 Å². The first-order valence-corrected chi connectivity index (χ1v) is 6.45. The lowest BCUT2D eigenvalue weighted by Gasteiger charge is -2.28. The molecule has 20 heavy (non-hydrogen) atoms. The Morgan fingerprint density at radius 1 is 1.35 bits per heavy atom. The van der Waals surface area contributed by atoms with Gasteiger partial charge in [0.1, 0.15) is 11.3 Å². The van der Waals surface area contributed by atoms with E-state index in [1.807, 2.05) is 0 Å². The number of carbonyl (C=O) groups excluding carboxylic acids is 1. The molecule has 108 valence electrons. The first-order valence-electron chi connectivity index (χ1n) is 6.45. The van der Waals surface area contributed by atoms with Crippen LogP contribution in [0.5, 0.6) is 5.75 Å². The highest BCUT2D eigenvalue weighted by Gasteiger charge is 2.27. The molecule has 1 aliphatic carbocycles. The van der Waals surface area contributed by atoms with E-state index in [1.165, 1.54) is 0 Å². The first-order chi connectivity index (χ1) is 9.49. The average Bonchev–Trinajstić information content (AvgIpc) is 2.40. The number of phenolic OH excluding ortho intramolecular Hbond substituents is 1. The Hall–Kier alpha value is -2.15. The molecule has 0 heterocycles. The summed E-state index contributed by atoms with van der Waals surface area (Å²) in [7, 11) is 0. The second-order valence-electron chi connectivity index (χ2n) is 4.89. The minimum atomic E-state index is -0.675. The van der Waals surface area contributed by atoms with Crippen LogP contribution in [0.4, 0.5) is 5.69 Å². The first kappa shape index (κ1) is 14.3. The van der Waals surface area contributed by atoms with Crippen LogP contribution in [0.3, 0.4) is 0 Å². The van der Waals surface area contributed by atoms with Gasteiger partial charge in [-0.1, -0.05) is 12.8 Å². The number of nitro benzene ring substituents is 1. The predicted octanol–water partition coefficient (Wildman–Crippen LogP) is 1.33. The fraction of sp³-hybridized carbons (Fsp3) is 0.462. The van der Waals surface area contributed by atoms with Crippen molar-refractivity contribution in [2.75, 3.05) is 0 Å². The molecular weight excluding hydrogens is 264 g/mol. The molecule has 0 aliphatic heterocycles. The summed E-state index contributed by atoms with van der Waals surface area (Å²) < 4.78 is 0. The number of nitrogens with one attached hydrogen (secondary N) is 1. The number of benzene rings is 1. The lowest BCUT2D eigenvalue weighted by atomic mass is 9.92. The predicted molar refractivity (Wildman–Crippen MR) is 70.5 cm³/mol. The Kier molecular flexibility index (Phi) is 4.19. The Morgan fingerprint density at radius 3 is 2.70 bits per heavy atom. The monoisotopic (exact) mass is 280 g/mol. The molecule has 1 aromatic carbocycles. The molecule has 0 radical (unpaired) electrons. The molecule has 1 saturated carbocycles. The minimum absolute atomic E-state index is 0.201. The van der Waals surface area contributed by atoms with Crippen LogP contribution in [0.25, 0.3) is 0 Å². The van der Waals surface area contributed by atoms with Crippen LogP contribution in [0, 0.1) is 10.1 Å². The summed E-state index contributed by atoms with van der Waals surface area (Å²) in [5.41, 5.74) is -0.571. The minimum Gasteiger partial charge on any atom is -0.508 e. The molecule has 7 heteroatoms. The Bertz CT molecular complexity index is 531. The number of amides is 1. The second kappa shape index (κ2) is 5.87. The summed E-state index contributed by atoms with van der Waals surface area (Å²) >= 11 is 0. The fourth-order valence-electron chi connectivity index (χ4n) is 2.39. The SMILES string of the molecule is O=C(NC1CCCCC1O)c1cc(O)ccc1[N+](=O)[O-]. The Morgan fingerprint density at radius 2 is 2.05 bits per heavy atom. The third-order valence-corrected chi connectivity index (χ3v) is 3.47. The number of rotatable bonds is 3. The van der Waals surface area contributed by atoms with E-state index in [2.05, 4.69) is 5.32 Å². The number of nitrogens with zero attached hydrogens (tertiary/aromatic N) is 1. The number of aliphatic hydroxyl groups excluding tert-OH is 1. The van der Waals surface area contributed by atoms with Crippen LogP contribution in [0.1, 0.15) is 36.0 Å². The highest BCUT2D eigenvalue weighted by atomic mass is 16.6. The van der Waals surface area contributed by atoms with E-state index in [0.717, 1.165) is 31.0 Å². The quantitative estimate of drug-likeness (QED) is 0.571. The Balaban J connectivity index is 2.20. The standard InChI is InChI=1S/C13H16N2O5/c16-8-5-6-11(15(19)20)9(7-8)13(18)14-10-3-1-2-4-12(10)17/h5-7,10,12,16-17H,1-4H2,(H,14,18). The van der Waals surface area contributed by atoms with E-state index < -0.39 is 23.0 Å². The van der Waals surface area contributed by atoms with Gasteiger partial charge in [0.15, 0.2) is 0 Å². The molecule has 1 amide bonds. The van der Waals surface area contributed by atoms with E-state index in [4.69, 9.17) is 0 Å². The van der Waals surface area contributed by atoms with Crippen molar-refractivity contribution in [2.45, 2.75) is 37.8 Å². The van der Waals surface area contributed by atoms with Gasteiger partial charge in [-0.2, -0.15) is 0 Å².